The lowest BCUT2D eigenvalue weighted by molar-refractivity contribution is 0.447. The first-order valence-electron chi connectivity index (χ1n) is 4.57. The van der Waals surface area contributed by atoms with Gasteiger partial charge in [-0.2, -0.15) is 0 Å². The Bertz CT molecular complexity index is 320. The van der Waals surface area contributed by atoms with Crippen LogP contribution in [0.1, 0.15) is 24.4 Å². The van der Waals surface area contributed by atoms with E-state index in [2.05, 4.69) is 11.4 Å². The van der Waals surface area contributed by atoms with E-state index >= 15 is 0 Å². The van der Waals surface area contributed by atoms with Crippen LogP contribution in [0.4, 0.5) is 0 Å². The monoisotopic (exact) mass is 175 g/mol. The van der Waals surface area contributed by atoms with E-state index in [1.165, 1.54) is 0 Å². The summed E-state index contributed by atoms with van der Waals surface area (Å²) in [5.74, 6) is 0.385. The summed E-state index contributed by atoms with van der Waals surface area (Å²) in [6, 6.07) is 7.76. The molecule has 2 heteroatoms. The van der Waals surface area contributed by atoms with Crippen molar-refractivity contribution in [2.45, 2.75) is 18.9 Å². The van der Waals surface area contributed by atoms with Gasteiger partial charge in [0, 0.05) is 5.56 Å². The maximum absolute atomic E-state index is 9.60. The van der Waals surface area contributed by atoms with E-state index in [4.69, 9.17) is 0 Å². The number of aromatic hydroxyl groups is 1. The van der Waals surface area contributed by atoms with Gasteiger partial charge in [0.2, 0.25) is 0 Å². The maximum atomic E-state index is 9.60. The number of phenols is 1. The molecule has 0 spiro atoms. The third-order valence-corrected chi connectivity index (χ3v) is 2.35. The Morgan fingerprint density at radius 2 is 2.15 bits per heavy atom. The van der Waals surface area contributed by atoms with Crippen molar-refractivity contribution in [3.8, 4) is 5.75 Å². The molecule has 68 valence electrons. The molecule has 0 amide bonds. The van der Waals surface area contributed by atoms with Gasteiger partial charge >= 0.3 is 0 Å². The van der Waals surface area contributed by atoms with E-state index in [0.29, 0.717) is 5.75 Å². The molecule has 0 aromatic heterocycles. The molecule has 1 heterocycles. The minimum atomic E-state index is 0.270. The first-order chi connectivity index (χ1) is 6.38. The highest BCUT2D eigenvalue weighted by Gasteiger charge is 2.14. The summed E-state index contributed by atoms with van der Waals surface area (Å²) in [6.07, 6.45) is 6.19. The molecule has 1 aromatic rings. The molecule has 0 saturated heterocycles. The van der Waals surface area contributed by atoms with Crippen molar-refractivity contribution in [3.63, 3.8) is 0 Å². The van der Waals surface area contributed by atoms with E-state index in [-0.39, 0.29) is 6.04 Å². The van der Waals surface area contributed by atoms with Gasteiger partial charge in [-0.05, 0) is 25.1 Å². The summed E-state index contributed by atoms with van der Waals surface area (Å²) in [6.45, 7) is 0. The molecule has 13 heavy (non-hydrogen) atoms. The normalized spacial score (nSPS) is 21.1. The van der Waals surface area contributed by atoms with Crippen LogP contribution >= 0.6 is 0 Å². The average Bonchev–Trinajstić information content (AvgIpc) is 2.20. The minimum absolute atomic E-state index is 0.270. The second-order valence-corrected chi connectivity index (χ2v) is 3.26. The third kappa shape index (κ3) is 1.66. The van der Waals surface area contributed by atoms with Crippen molar-refractivity contribution < 1.29 is 5.11 Å². The summed E-state index contributed by atoms with van der Waals surface area (Å²) in [4.78, 5) is 0. The molecule has 2 rings (SSSR count). The number of allylic oxidation sites excluding steroid dienone is 1. The quantitative estimate of drug-likeness (QED) is 0.686. The van der Waals surface area contributed by atoms with Gasteiger partial charge in [-0.25, -0.2) is 0 Å². The van der Waals surface area contributed by atoms with Gasteiger partial charge in [0.15, 0.2) is 0 Å². The second kappa shape index (κ2) is 3.52. The van der Waals surface area contributed by atoms with Crippen molar-refractivity contribution in [1.82, 2.24) is 5.32 Å². The molecule has 0 aliphatic carbocycles. The molecule has 1 unspecified atom stereocenters. The fourth-order valence-corrected chi connectivity index (χ4v) is 1.64. The molecule has 0 radical (unpaired) electrons. The van der Waals surface area contributed by atoms with Crippen LogP contribution in [0.5, 0.6) is 5.75 Å². The Balaban J connectivity index is 2.24. The number of rotatable bonds is 1. The molecule has 2 nitrogen and oxygen atoms in total. The Kier molecular flexibility index (Phi) is 2.21. The van der Waals surface area contributed by atoms with Gasteiger partial charge in [-0.3, -0.25) is 0 Å². The first kappa shape index (κ1) is 8.17. The fraction of sp³-hybridized carbons (Fsp3) is 0.273. The molecule has 1 aliphatic rings. The van der Waals surface area contributed by atoms with Crippen LogP contribution in [0.2, 0.25) is 0 Å². The topological polar surface area (TPSA) is 32.3 Å². The molecule has 1 aromatic carbocycles. The standard InChI is InChI=1S/C11H13NO/c13-11-7-2-1-5-9(11)10-6-3-4-8-12-10/h1-2,4-5,7-8,10,12-13H,3,6H2. The van der Waals surface area contributed by atoms with Crippen molar-refractivity contribution in [3.05, 3.63) is 42.1 Å². The lowest BCUT2D eigenvalue weighted by Crippen LogP contribution is -2.18. The van der Waals surface area contributed by atoms with Crippen LogP contribution in [0, 0.1) is 0 Å². The zero-order valence-electron chi connectivity index (χ0n) is 7.40. The molecule has 0 saturated carbocycles. The number of benzene rings is 1. The molecular weight excluding hydrogens is 162 g/mol. The Morgan fingerprint density at radius 1 is 1.31 bits per heavy atom. The van der Waals surface area contributed by atoms with Crippen LogP contribution in [0.15, 0.2) is 36.5 Å². The zero-order chi connectivity index (χ0) is 9.10. The summed E-state index contributed by atoms with van der Waals surface area (Å²) in [5, 5.41) is 12.8. The van der Waals surface area contributed by atoms with E-state index in [9.17, 15) is 5.11 Å². The molecule has 1 atom stereocenters. The van der Waals surface area contributed by atoms with Crippen molar-refractivity contribution in [2.24, 2.45) is 0 Å². The number of nitrogens with one attached hydrogen (secondary N) is 1. The maximum Gasteiger partial charge on any atom is 0.120 e. The van der Waals surface area contributed by atoms with Gasteiger partial charge in [-0.15, -0.1) is 0 Å². The minimum Gasteiger partial charge on any atom is -0.508 e. The number of phenolic OH excluding ortho intramolecular Hbond substituents is 1. The summed E-state index contributed by atoms with van der Waals surface area (Å²) in [5.41, 5.74) is 0.992. The van der Waals surface area contributed by atoms with Crippen LogP contribution in [0.25, 0.3) is 0 Å². The summed E-state index contributed by atoms with van der Waals surface area (Å²) < 4.78 is 0. The Hall–Kier alpha value is -1.44. The Labute approximate surface area is 77.9 Å². The predicted octanol–water partition coefficient (Wildman–Crippen LogP) is 2.33. The van der Waals surface area contributed by atoms with Gasteiger partial charge in [0.25, 0.3) is 0 Å². The van der Waals surface area contributed by atoms with Crippen LogP contribution in [0.3, 0.4) is 0 Å². The van der Waals surface area contributed by atoms with Crippen molar-refractivity contribution >= 4 is 0 Å². The zero-order valence-corrected chi connectivity index (χ0v) is 7.40. The van der Waals surface area contributed by atoms with E-state index < -0.39 is 0 Å². The molecule has 0 fully saturated rings. The molecule has 0 bridgehead atoms. The molecule has 2 N–H and O–H groups in total. The van der Waals surface area contributed by atoms with E-state index in [0.717, 1.165) is 18.4 Å². The number of hydrogen-bond acceptors (Lipinski definition) is 2. The van der Waals surface area contributed by atoms with E-state index in [1.807, 2.05) is 24.4 Å². The lowest BCUT2D eigenvalue weighted by atomic mass is 9.99. The van der Waals surface area contributed by atoms with Crippen molar-refractivity contribution in [2.75, 3.05) is 0 Å². The highest BCUT2D eigenvalue weighted by molar-refractivity contribution is 5.35. The molecular formula is C11H13NO. The summed E-state index contributed by atoms with van der Waals surface area (Å²) in [7, 11) is 0. The average molecular weight is 175 g/mol. The molecule has 1 aliphatic heterocycles. The van der Waals surface area contributed by atoms with Gasteiger partial charge in [0.1, 0.15) is 5.75 Å². The van der Waals surface area contributed by atoms with Crippen LogP contribution in [-0.2, 0) is 0 Å². The predicted molar refractivity (Wildman–Crippen MR) is 52.4 cm³/mol. The Morgan fingerprint density at radius 3 is 2.85 bits per heavy atom. The second-order valence-electron chi connectivity index (χ2n) is 3.26. The van der Waals surface area contributed by atoms with Crippen LogP contribution < -0.4 is 5.32 Å². The SMILES string of the molecule is Oc1ccccc1C1CCC=CN1. The van der Waals surface area contributed by atoms with Crippen LogP contribution in [-0.4, -0.2) is 5.11 Å². The van der Waals surface area contributed by atoms with Crippen molar-refractivity contribution in [1.29, 1.82) is 0 Å². The fourth-order valence-electron chi connectivity index (χ4n) is 1.64. The van der Waals surface area contributed by atoms with Gasteiger partial charge in [-0.1, -0.05) is 24.3 Å². The first-order valence-corrected chi connectivity index (χ1v) is 4.57. The van der Waals surface area contributed by atoms with E-state index in [1.54, 1.807) is 6.07 Å². The third-order valence-electron chi connectivity index (χ3n) is 2.35. The van der Waals surface area contributed by atoms with Gasteiger partial charge < -0.3 is 10.4 Å². The van der Waals surface area contributed by atoms with Gasteiger partial charge in [0.05, 0.1) is 6.04 Å². The lowest BCUT2D eigenvalue weighted by Gasteiger charge is -2.21. The highest BCUT2D eigenvalue weighted by atomic mass is 16.3. The highest BCUT2D eigenvalue weighted by Crippen LogP contribution is 2.28. The number of para-hydroxylation sites is 1. The number of hydrogen-bond donors (Lipinski definition) is 2. The smallest absolute Gasteiger partial charge is 0.120 e. The summed E-state index contributed by atoms with van der Waals surface area (Å²) >= 11 is 0. The largest absolute Gasteiger partial charge is 0.508 e.